The summed E-state index contributed by atoms with van der Waals surface area (Å²) in [5, 5.41) is 11.6. The van der Waals surface area contributed by atoms with Crippen molar-refractivity contribution in [3.8, 4) is 5.75 Å². The topological polar surface area (TPSA) is 70.1 Å². The van der Waals surface area contributed by atoms with E-state index in [-0.39, 0.29) is 21.9 Å². The van der Waals surface area contributed by atoms with Gasteiger partial charge in [-0.15, -0.1) is 0 Å². The molecule has 0 aromatic heterocycles. The summed E-state index contributed by atoms with van der Waals surface area (Å²) in [5.74, 6) is -1.36. The van der Waals surface area contributed by atoms with Gasteiger partial charge < -0.3 is 14.7 Å². The highest BCUT2D eigenvalue weighted by Crippen LogP contribution is 2.43. The Morgan fingerprint density at radius 3 is 2.33 bits per heavy atom. The number of carbonyl (C=O) groups is 2. The van der Waals surface area contributed by atoms with E-state index in [4.69, 9.17) is 16.3 Å². The van der Waals surface area contributed by atoms with Gasteiger partial charge in [0.1, 0.15) is 11.5 Å². The zero-order valence-electron chi connectivity index (χ0n) is 20.8. The molecular weight excluding hydrogens is 476 g/mol. The molecule has 0 bridgehead atoms. The van der Waals surface area contributed by atoms with Crippen molar-refractivity contribution in [1.29, 1.82) is 0 Å². The molecule has 1 N–H and O–H groups in total. The van der Waals surface area contributed by atoms with Crippen molar-refractivity contribution in [1.82, 2.24) is 0 Å². The first kappa shape index (κ1) is 25.3. The average Bonchev–Trinajstić information content (AvgIpc) is 3.15. The van der Waals surface area contributed by atoms with E-state index >= 15 is 0 Å². The van der Waals surface area contributed by atoms with Crippen LogP contribution in [-0.2, 0) is 9.59 Å². The summed E-state index contributed by atoms with van der Waals surface area (Å²) in [6.07, 6.45) is 0. The molecule has 0 spiro atoms. The van der Waals surface area contributed by atoms with Crippen molar-refractivity contribution in [3.05, 3.63) is 94.0 Å². The highest BCUT2D eigenvalue weighted by molar-refractivity contribution is 6.52. The number of ketones is 1. The number of aryl methyl sites for hydroxylation is 1. The van der Waals surface area contributed by atoms with Crippen LogP contribution < -0.4 is 14.5 Å². The van der Waals surface area contributed by atoms with Gasteiger partial charge in [0.05, 0.1) is 23.7 Å². The number of halogens is 1. The number of benzene rings is 3. The molecule has 3 aromatic rings. The first-order valence-corrected chi connectivity index (χ1v) is 12.2. The highest BCUT2D eigenvalue weighted by Gasteiger charge is 2.47. The van der Waals surface area contributed by atoms with Crippen molar-refractivity contribution in [2.75, 3.05) is 30.0 Å². The molecule has 4 rings (SSSR count). The summed E-state index contributed by atoms with van der Waals surface area (Å²) in [4.78, 5) is 30.5. The van der Waals surface area contributed by atoms with Crippen LogP contribution >= 0.6 is 11.6 Å². The summed E-state index contributed by atoms with van der Waals surface area (Å²) in [5.41, 5.74) is 3.47. The standard InChI is InChI=1S/C29H29ClN2O4/c1-5-31(6-2)20-10-12-21(13-11-20)32-26(19-9-7-8-18(3)16-19)25(28(34)29(32)35)27(33)23-17-22(36-4)14-15-24(23)30/h7-17,26,33H,5-6H2,1-4H3/b27-25+. The van der Waals surface area contributed by atoms with Crippen LogP contribution in [0.25, 0.3) is 5.76 Å². The number of hydrogen-bond acceptors (Lipinski definition) is 5. The number of amides is 1. The molecule has 1 aliphatic heterocycles. The van der Waals surface area contributed by atoms with Crippen LogP contribution in [0.4, 0.5) is 11.4 Å². The summed E-state index contributed by atoms with van der Waals surface area (Å²) in [6, 6.07) is 19.1. The Balaban J connectivity index is 1.91. The van der Waals surface area contributed by atoms with E-state index in [1.165, 1.54) is 12.0 Å². The zero-order valence-corrected chi connectivity index (χ0v) is 21.5. The number of carbonyl (C=O) groups excluding carboxylic acids is 2. The molecule has 1 saturated heterocycles. The maximum atomic E-state index is 13.4. The quantitative estimate of drug-likeness (QED) is 0.238. The molecular formula is C29H29ClN2O4. The molecule has 6 nitrogen and oxygen atoms in total. The Hall–Kier alpha value is -3.77. The Morgan fingerprint density at radius 1 is 1.03 bits per heavy atom. The fourth-order valence-corrected chi connectivity index (χ4v) is 4.83. The van der Waals surface area contributed by atoms with Gasteiger partial charge in [-0.3, -0.25) is 14.5 Å². The van der Waals surface area contributed by atoms with Crippen LogP contribution in [0.2, 0.25) is 5.02 Å². The lowest BCUT2D eigenvalue weighted by Gasteiger charge is -2.27. The Labute approximate surface area is 216 Å². The van der Waals surface area contributed by atoms with E-state index in [1.807, 2.05) is 55.5 Å². The maximum Gasteiger partial charge on any atom is 0.300 e. The van der Waals surface area contributed by atoms with Crippen molar-refractivity contribution in [3.63, 3.8) is 0 Å². The minimum absolute atomic E-state index is 0.0198. The first-order chi connectivity index (χ1) is 17.3. The highest BCUT2D eigenvalue weighted by atomic mass is 35.5. The predicted molar refractivity (Wildman–Crippen MR) is 144 cm³/mol. The van der Waals surface area contributed by atoms with E-state index in [2.05, 4.69) is 18.7 Å². The Bertz CT molecular complexity index is 1330. The molecule has 1 atom stereocenters. The smallest absolute Gasteiger partial charge is 0.300 e. The van der Waals surface area contributed by atoms with Gasteiger partial charge in [0.25, 0.3) is 11.7 Å². The van der Waals surface area contributed by atoms with Crippen LogP contribution in [0.15, 0.2) is 72.3 Å². The maximum absolute atomic E-state index is 13.4. The van der Waals surface area contributed by atoms with Crippen molar-refractivity contribution >= 4 is 40.4 Å². The van der Waals surface area contributed by atoms with Gasteiger partial charge in [0, 0.05) is 30.0 Å². The van der Waals surface area contributed by atoms with E-state index < -0.39 is 17.7 Å². The second kappa shape index (κ2) is 10.5. The normalized spacial score (nSPS) is 16.9. The van der Waals surface area contributed by atoms with E-state index in [9.17, 15) is 14.7 Å². The summed E-state index contributed by atoms with van der Waals surface area (Å²) in [6.45, 7) is 7.80. The fraction of sp³-hybridized carbons (Fsp3) is 0.241. The van der Waals surface area contributed by atoms with E-state index in [0.717, 1.165) is 24.3 Å². The van der Waals surface area contributed by atoms with E-state index in [1.54, 1.807) is 18.2 Å². The third-order valence-corrected chi connectivity index (χ3v) is 6.82. The SMILES string of the molecule is CCN(CC)c1ccc(N2C(=O)C(=O)/C(=C(/O)c3cc(OC)ccc3Cl)C2c2cccc(C)c2)cc1. The molecule has 186 valence electrons. The number of nitrogens with zero attached hydrogens (tertiary/aromatic N) is 2. The van der Waals surface area contributed by atoms with Gasteiger partial charge in [-0.1, -0.05) is 41.4 Å². The molecule has 7 heteroatoms. The molecule has 3 aromatic carbocycles. The predicted octanol–water partition coefficient (Wildman–Crippen LogP) is 6.13. The minimum Gasteiger partial charge on any atom is -0.507 e. The number of aliphatic hydroxyl groups excluding tert-OH is 1. The van der Waals surface area contributed by atoms with Crippen LogP contribution in [0, 0.1) is 6.92 Å². The second-order valence-corrected chi connectivity index (χ2v) is 9.02. The van der Waals surface area contributed by atoms with Gasteiger partial charge in [-0.2, -0.15) is 0 Å². The third-order valence-electron chi connectivity index (χ3n) is 6.49. The molecule has 1 unspecified atom stereocenters. The molecule has 1 aliphatic rings. The number of aliphatic hydroxyl groups is 1. The summed E-state index contributed by atoms with van der Waals surface area (Å²) in [7, 11) is 1.50. The van der Waals surface area contributed by atoms with Crippen LogP contribution in [0.5, 0.6) is 5.75 Å². The monoisotopic (exact) mass is 504 g/mol. The number of methoxy groups -OCH3 is 1. The Morgan fingerprint density at radius 2 is 1.72 bits per heavy atom. The third kappa shape index (κ3) is 4.56. The van der Waals surface area contributed by atoms with Gasteiger partial charge >= 0.3 is 0 Å². The van der Waals surface area contributed by atoms with Gasteiger partial charge in [-0.25, -0.2) is 0 Å². The molecule has 1 amide bonds. The minimum atomic E-state index is -0.827. The lowest BCUT2D eigenvalue weighted by Crippen LogP contribution is -2.29. The van der Waals surface area contributed by atoms with Gasteiger partial charge in [-0.05, 0) is 68.8 Å². The van der Waals surface area contributed by atoms with Gasteiger partial charge in [0.2, 0.25) is 0 Å². The Kier molecular flexibility index (Phi) is 7.36. The summed E-state index contributed by atoms with van der Waals surface area (Å²) >= 11 is 6.39. The first-order valence-electron chi connectivity index (χ1n) is 11.9. The van der Waals surface area contributed by atoms with Crippen molar-refractivity contribution in [2.24, 2.45) is 0 Å². The van der Waals surface area contributed by atoms with Crippen molar-refractivity contribution < 1.29 is 19.4 Å². The number of rotatable bonds is 7. The molecule has 0 aliphatic carbocycles. The average molecular weight is 505 g/mol. The molecule has 0 radical (unpaired) electrons. The number of anilines is 2. The molecule has 1 heterocycles. The van der Waals surface area contributed by atoms with Crippen LogP contribution in [0.3, 0.4) is 0 Å². The lowest BCUT2D eigenvalue weighted by molar-refractivity contribution is -0.132. The molecule has 1 fully saturated rings. The molecule has 36 heavy (non-hydrogen) atoms. The lowest BCUT2D eigenvalue weighted by atomic mass is 9.94. The van der Waals surface area contributed by atoms with Crippen LogP contribution in [-0.4, -0.2) is 37.0 Å². The van der Waals surface area contributed by atoms with Gasteiger partial charge in [0.15, 0.2) is 0 Å². The molecule has 0 saturated carbocycles. The number of ether oxygens (including phenoxy) is 1. The zero-order chi connectivity index (χ0) is 26.0. The summed E-state index contributed by atoms with van der Waals surface area (Å²) < 4.78 is 5.28. The van der Waals surface area contributed by atoms with Crippen LogP contribution in [0.1, 0.15) is 36.6 Å². The number of Topliss-reactive ketones (excluding diaryl/α,β-unsaturated/α-hetero) is 1. The largest absolute Gasteiger partial charge is 0.507 e. The number of hydrogen-bond donors (Lipinski definition) is 1. The van der Waals surface area contributed by atoms with E-state index in [0.29, 0.717) is 17.0 Å². The van der Waals surface area contributed by atoms with Crippen molar-refractivity contribution in [2.45, 2.75) is 26.8 Å². The second-order valence-electron chi connectivity index (χ2n) is 8.62. The fourth-order valence-electron chi connectivity index (χ4n) is 4.63.